The van der Waals surface area contributed by atoms with Crippen LogP contribution in [0.3, 0.4) is 0 Å². The Morgan fingerprint density at radius 2 is 1.72 bits per heavy atom. The van der Waals surface area contributed by atoms with Gasteiger partial charge in [-0.2, -0.15) is 0 Å². The summed E-state index contributed by atoms with van der Waals surface area (Å²) < 4.78 is 5.27. The molecule has 0 aromatic heterocycles. The lowest BCUT2D eigenvalue weighted by Gasteiger charge is -2.25. The summed E-state index contributed by atoms with van der Waals surface area (Å²) >= 11 is 0. The van der Waals surface area contributed by atoms with Crippen molar-refractivity contribution in [3.05, 3.63) is 11.6 Å². The summed E-state index contributed by atoms with van der Waals surface area (Å²) in [5.41, 5.74) is 6.77. The standard InChI is InChI=1S/C15H29NO2/c1-12(2)8-7-10-15(6,16)11-9-13(17)18-14(3,4)5/h8H,7,9-11,16H2,1-6H3. The van der Waals surface area contributed by atoms with Gasteiger partial charge in [0.05, 0.1) is 0 Å². The fourth-order valence-corrected chi connectivity index (χ4v) is 1.60. The number of carbonyl (C=O) groups is 1. The van der Waals surface area contributed by atoms with Gasteiger partial charge in [0.15, 0.2) is 0 Å². The lowest BCUT2D eigenvalue weighted by Crippen LogP contribution is -2.37. The van der Waals surface area contributed by atoms with Crippen molar-refractivity contribution in [3.8, 4) is 0 Å². The van der Waals surface area contributed by atoms with E-state index in [0.717, 1.165) is 12.8 Å². The Balaban J connectivity index is 4.03. The number of hydrogen-bond acceptors (Lipinski definition) is 3. The van der Waals surface area contributed by atoms with Gasteiger partial charge in [-0.15, -0.1) is 0 Å². The number of esters is 1. The van der Waals surface area contributed by atoms with Crippen molar-refractivity contribution in [1.29, 1.82) is 0 Å². The Morgan fingerprint density at radius 1 is 1.17 bits per heavy atom. The molecule has 3 nitrogen and oxygen atoms in total. The molecule has 0 saturated carbocycles. The molecule has 18 heavy (non-hydrogen) atoms. The van der Waals surface area contributed by atoms with Crippen LogP contribution in [-0.4, -0.2) is 17.1 Å². The van der Waals surface area contributed by atoms with E-state index in [4.69, 9.17) is 10.5 Å². The Labute approximate surface area is 112 Å². The largest absolute Gasteiger partial charge is 0.460 e. The van der Waals surface area contributed by atoms with Gasteiger partial charge < -0.3 is 10.5 Å². The lowest BCUT2D eigenvalue weighted by atomic mass is 9.91. The van der Waals surface area contributed by atoms with Gasteiger partial charge in [0.2, 0.25) is 0 Å². The first-order valence-corrected chi connectivity index (χ1v) is 6.66. The molecule has 0 fully saturated rings. The number of carbonyl (C=O) groups excluding carboxylic acids is 1. The highest BCUT2D eigenvalue weighted by Gasteiger charge is 2.22. The summed E-state index contributed by atoms with van der Waals surface area (Å²) in [6, 6.07) is 0. The summed E-state index contributed by atoms with van der Waals surface area (Å²) in [6.45, 7) is 11.8. The minimum atomic E-state index is -0.413. The van der Waals surface area contributed by atoms with E-state index in [1.54, 1.807) is 0 Å². The predicted molar refractivity (Wildman–Crippen MR) is 76.3 cm³/mol. The lowest BCUT2D eigenvalue weighted by molar-refractivity contribution is -0.155. The first-order chi connectivity index (χ1) is 8.02. The van der Waals surface area contributed by atoms with E-state index in [2.05, 4.69) is 19.9 Å². The molecule has 0 radical (unpaired) electrons. The number of rotatable bonds is 6. The SMILES string of the molecule is CC(C)=CCCC(C)(N)CCC(=O)OC(C)(C)C. The zero-order valence-corrected chi connectivity index (χ0v) is 12.8. The molecule has 0 aliphatic carbocycles. The first kappa shape index (κ1) is 17.2. The van der Waals surface area contributed by atoms with Crippen molar-refractivity contribution in [2.45, 2.75) is 78.4 Å². The van der Waals surface area contributed by atoms with E-state index in [1.807, 2.05) is 27.7 Å². The average molecular weight is 255 g/mol. The maximum atomic E-state index is 11.6. The van der Waals surface area contributed by atoms with Crippen LogP contribution < -0.4 is 5.73 Å². The van der Waals surface area contributed by atoms with E-state index in [1.165, 1.54) is 5.57 Å². The van der Waals surface area contributed by atoms with Crippen molar-refractivity contribution in [1.82, 2.24) is 0 Å². The molecule has 0 heterocycles. The Kier molecular flexibility index (Phi) is 6.61. The normalized spacial score (nSPS) is 14.8. The molecule has 0 aromatic rings. The molecule has 2 N–H and O–H groups in total. The van der Waals surface area contributed by atoms with Crippen LogP contribution in [0.15, 0.2) is 11.6 Å². The Hall–Kier alpha value is -0.830. The Morgan fingerprint density at radius 3 is 2.17 bits per heavy atom. The van der Waals surface area contributed by atoms with Gasteiger partial charge in [-0.25, -0.2) is 0 Å². The van der Waals surface area contributed by atoms with Crippen LogP contribution in [0.2, 0.25) is 0 Å². The highest BCUT2D eigenvalue weighted by molar-refractivity contribution is 5.69. The molecular formula is C15H29NO2. The maximum Gasteiger partial charge on any atom is 0.306 e. The minimum Gasteiger partial charge on any atom is -0.460 e. The van der Waals surface area contributed by atoms with Crippen LogP contribution >= 0.6 is 0 Å². The van der Waals surface area contributed by atoms with Crippen LogP contribution in [0.5, 0.6) is 0 Å². The van der Waals surface area contributed by atoms with Crippen LogP contribution in [0.4, 0.5) is 0 Å². The van der Waals surface area contributed by atoms with Gasteiger partial charge in [-0.3, -0.25) is 4.79 Å². The van der Waals surface area contributed by atoms with Crippen molar-refractivity contribution in [2.24, 2.45) is 5.73 Å². The summed E-state index contributed by atoms with van der Waals surface area (Å²) in [5.74, 6) is -0.165. The van der Waals surface area contributed by atoms with Crippen molar-refractivity contribution in [2.75, 3.05) is 0 Å². The van der Waals surface area contributed by atoms with Gasteiger partial charge in [0.1, 0.15) is 5.60 Å². The summed E-state index contributed by atoms with van der Waals surface area (Å²) in [5, 5.41) is 0. The van der Waals surface area contributed by atoms with Gasteiger partial charge in [-0.05, 0) is 60.8 Å². The average Bonchev–Trinajstić information content (AvgIpc) is 2.11. The van der Waals surface area contributed by atoms with Gasteiger partial charge in [0, 0.05) is 12.0 Å². The third-order valence-corrected chi connectivity index (χ3v) is 2.59. The quantitative estimate of drug-likeness (QED) is 0.583. The molecule has 0 rings (SSSR count). The van der Waals surface area contributed by atoms with Gasteiger partial charge in [0.25, 0.3) is 0 Å². The van der Waals surface area contributed by atoms with E-state index in [9.17, 15) is 4.79 Å². The fraction of sp³-hybridized carbons (Fsp3) is 0.800. The molecule has 0 aliphatic heterocycles. The predicted octanol–water partition coefficient (Wildman–Crippen LogP) is 3.57. The molecule has 1 unspecified atom stereocenters. The molecule has 106 valence electrons. The second-order valence-electron chi connectivity index (χ2n) is 6.56. The highest BCUT2D eigenvalue weighted by Crippen LogP contribution is 2.18. The topological polar surface area (TPSA) is 52.3 Å². The van der Waals surface area contributed by atoms with E-state index < -0.39 is 5.60 Å². The molecule has 0 saturated heterocycles. The molecule has 0 spiro atoms. The van der Waals surface area contributed by atoms with Crippen molar-refractivity contribution >= 4 is 5.97 Å². The molecule has 0 amide bonds. The third-order valence-electron chi connectivity index (χ3n) is 2.59. The minimum absolute atomic E-state index is 0.165. The zero-order chi connectivity index (χ0) is 14.4. The second kappa shape index (κ2) is 6.93. The van der Waals surface area contributed by atoms with Gasteiger partial charge in [-0.1, -0.05) is 11.6 Å². The number of hydrogen-bond donors (Lipinski definition) is 1. The van der Waals surface area contributed by atoms with E-state index in [0.29, 0.717) is 12.8 Å². The zero-order valence-electron chi connectivity index (χ0n) is 12.8. The second-order valence-corrected chi connectivity index (χ2v) is 6.56. The fourth-order valence-electron chi connectivity index (χ4n) is 1.60. The van der Waals surface area contributed by atoms with E-state index in [-0.39, 0.29) is 11.5 Å². The van der Waals surface area contributed by atoms with Crippen molar-refractivity contribution in [3.63, 3.8) is 0 Å². The number of allylic oxidation sites excluding steroid dienone is 2. The molecule has 0 aliphatic rings. The van der Waals surface area contributed by atoms with Crippen LogP contribution in [-0.2, 0) is 9.53 Å². The number of nitrogens with two attached hydrogens (primary N) is 1. The highest BCUT2D eigenvalue weighted by atomic mass is 16.6. The monoisotopic (exact) mass is 255 g/mol. The smallest absolute Gasteiger partial charge is 0.306 e. The first-order valence-electron chi connectivity index (χ1n) is 6.66. The molecule has 0 aromatic carbocycles. The molecule has 3 heteroatoms. The maximum absolute atomic E-state index is 11.6. The Bertz CT molecular complexity index is 294. The third kappa shape index (κ3) is 10.3. The number of ether oxygens (including phenoxy) is 1. The molecule has 0 bridgehead atoms. The summed E-state index contributed by atoms with van der Waals surface area (Å²) in [6.07, 6.45) is 5.08. The summed E-state index contributed by atoms with van der Waals surface area (Å²) in [7, 11) is 0. The molecular weight excluding hydrogens is 226 g/mol. The van der Waals surface area contributed by atoms with E-state index >= 15 is 0 Å². The van der Waals surface area contributed by atoms with Crippen LogP contribution in [0.25, 0.3) is 0 Å². The summed E-state index contributed by atoms with van der Waals surface area (Å²) in [4.78, 5) is 11.6. The van der Waals surface area contributed by atoms with Gasteiger partial charge >= 0.3 is 5.97 Å². The van der Waals surface area contributed by atoms with Crippen LogP contribution in [0.1, 0.15) is 67.2 Å². The molecule has 1 atom stereocenters. The van der Waals surface area contributed by atoms with Crippen molar-refractivity contribution < 1.29 is 9.53 Å². The van der Waals surface area contributed by atoms with Crippen LogP contribution in [0, 0.1) is 0 Å².